The molecule has 7 heteroatoms. The van der Waals surface area contributed by atoms with Crippen LogP contribution in [0.3, 0.4) is 0 Å². The molecular weight excluding hydrogens is 361 g/mol. The Kier molecular flexibility index (Phi) is 5.36. The predicted octanol–water partition coefficient (Wildman–Crippen LogP) is 3.61. The molecule has 1 aliphatic heterocycles. The molecule has 2 unspecified atom stereocenters. The van der Waals surface area contributed by atoms with Crippen molar-refractivity contribution in [2.24, 2.45) is 11.3 Å². The van der Waals surface area contributed by atoms with Crippen LogP contribution in [-0.2, 0) is 17.8 Å². The minimum atomic E-state index is -1.16. The summed E-state index contributed by atoms with van der Waals surface area (Å²) in [6, 6.07) is 9.10. The number of amides is 2. The Labute approximate surface area is 163 Å². The van der Waals surface area contributed by atoms with E-state index in [0.717, 1.165) is 11.1 Å². The van der Waals surface area contributed by atoms with Gasteiger partial charge in [-0.3, -0.25) is 9.69 Å². The third-order valence-electron chi connectivity index (χ3n) is 5.01. The molecular formula is C21H24FN3O3. The molecule has 0 spiro atoms. The molecule has 1 aromatic heterocycles. The maximum Gasteiger partial charge on any atom is 0.404 e. The van der Waals surface area contributed by atoms with Crippen molar-refractivity contribution < 1.29 is 19.1 Å². The Morgan fingerprint density at radius 1 is 1.32 bits per heavy atom. The molecule has 2 aromatic rings. The van der Waals surface area contributed by atoms with Gasteiger partial charge in [0, 0.05) is 12.2 Å². The molecule has 0 aliphatic carbocycles. The Balaban J connectivity index is 2.00. The number of hydrogen-bond acceptors (Lipinski definition) is 3. The first-order valence-corrected chi connectivity index (χ1v) is 9.16. The van der Waals surface area contributed by atoms with E-state index >= 15 is 0 Å². The fraction of sp³-hybridized carbons (Fsp3) is 0.381. The van der Waals surface area contributed by atoms with Gasteiger partial charge in [-0.25, -0.2) is 14.2 Å². The summed E-state index contributed by atoms with van der Waals surface area (Å²) in [6.07, 6.45) is 0.875. The predicted molar refractivity (Wildman–Crippen MR) is 103 cm³/mol. The first-order chi connectivity index (χ1) is 13.2. The molecule has 6 nitrogen and oxygen atoms in total. The molecule has 0 saturated carbocycles. The zero-order valence-corrected chi connectivity index (χ0v) is 16.1. The Bertz CT molecular complexity index is 877. The number of carboxylic acid groups (broad SMARTS) is 1. The van der Waals surface area contributed by atoms with E-state index < -0.39 is 23.5 Å². The smallest absolute Gasteiger partial charge is 0.404 e. The molecule has 2 amide bonds. The summed E-state index contributed by atoms with van der Waals surface area (Å²) in [4.78, 5) is 30.7. The van der Waals surface area contributed by atoms with E-state index in [-0.39, 0.29) is 18.3 Å². The first-order valence-electron chi connectivity index (χ1n) is 9.16. The van der Waals surface area contributed by atoms with Gasteiger partial charge in [0.1, 0.15) is 11.6 Å². The molecule has 0 saturated heterocycles. The molecule has 0 fully saturated rings. The van der Waals surface area contributed by atoms with Gasteiger partial charge in [-0.05, 0) is 41.2 Å². The van der Waals surface area contributed by atoms with Crippen LogP contribution in [0.25, 0.3) is 0 Å². The number of nitrogens with one attached hydrogen (secondary N) is 1. The molecule has 0 radical (unpaired) electrons. The molecule has 3 rings (SSSR count). The number of halogens is 1. The molecule has 2 atom stereocenters. The van der Waals surface area contributed by atoms with Crippen molar-refractivity contribution in [3.8, 4) is 0 Å². The number of pyridine rings is 1. The van der Waals surface area contributed by atoms with Crippen LogP contribution in [-0.4, -0.2) is 28.1 Å². The second-order valence-corrected chi connectivity index (χ2v) is 8.14. The largest absolute Gasteiger partial charge is 0.465 e. The molecule has 2 heterocycles. The molecule has 1 aromatic carbocycles. The third-order valence-corrected chi connectivity index (χ3v) is 5.01. The van der Waals surface area contributed by atoms with E-state index in [0.29, 0.717) is 12.2 Å². The standard InChI is InChI=1S/C21H24FN3O3/c1-21(2,3)17(24-20(27)28)16-11-14-5-4-10-23-18(14)25(19(16)26)12-13-6-8-15(22)9-7-13/h4-10,16-17,24H,11-12H2,1-3H3,(H,27,28). The lowest BCUT2D eigenvalue weighted by Gasteiger charge is -2.41. The summed E-state index contributed by atoms with van der Waals surface area (Å²) in [5, 5.41) is 11.8. The van der Waals surface area contributed by atoms with Gasteiger partial charge in [-0.1, -0.05) is 39.0 Å². The van der Waals surface area contributed by atoms with Crippen LogP contribution in [0, 0.1) is 17.2 Å². The lowest BCUT2D eigenvalue weighted by molar-refractivity contribution is -0.125. The fourth-order valence-corrected chi connectivity index (χ4v) is 3.70. The number of nitrogens with zero attached hydrogens (tertiary/aromatic N) is 2. The zero-order valence-electron chi connectivity index (χ0n) is 16.1. The lowest BCUT2D eigenvalue weighted by atomic mass is 9.74. The van der Waals surface area contributed by atoms with Gasteiger partial charge in [0.15, 0.2) is 0 Å². The molecule has 148 valence electrons. The molecule has 2 N–H and O–H groups in total. The van der Waals surface area contributed by atoms with E-state index in [4.69, 9.17) is 0 Å². The van der Waals surface area contributed by atoms with E-state index in [1.807, 2.05) is 26.8 Å². The van der Waals surface area contributed by atoms with Gasteiger partial charge in [0.2, 0.25) is 5.91 Å². The number of aromatic nitrogens is 1. The van der Waals surface area contributed by atoms with Gasteiger partial charge in [0.05, 0.1) is 12.5 Å². The van der Waals surface area contributed by atoms with E-state index in [2.05, 4.69) is 10.3 Å². The van der Waals surface area contributed by atoms with Crippen molar-refractivity contribution >= 4 is 17.8 Å². The van der Waals surface area contributed by atoms with Crippen LogP contribution in [0.4, 0.5) is 15.0 Å². The summed E-state index contributed by atoms with van der Waals surface area (Å²) in [7, 11) is 0. The van der Waals surface area contributed by atoms with E-state index in [1.165, 1.54) is 12.1 Å². The van der Waals surface area contributed by atoms with Gasteiger partial charge in [-0.2, -0.15) is 0 Å². The number of carbonyl (C=O) groups is 2. The minimum Gasteiger partial charge on any atom is -0.465 e. The molecule has 1 aliphatic rings. The number of benzene rings is 1. The second kappa shape index (κ2) is 7.58. The van der Waals surface area contributed by atoms with Crippen molar-refractivity contribution in [3.63, 3.8) is 0 Å². The number of hydrogen-bond donors (Lipinski definition) is 2. The van der Waals surface area contributed by atoms with Crippen LogP contribution in [0.2, 0.25) is 0 Å². The SMILES string of the molecule is CC(C)(C)C(NC(=O)O)C1Cc2cccnc2N(Cc2ccc(F)cc2)C1=O. The topological polar surface area (TPSA) is 82.5 Å². The van der Waals surface area contributed by atoms with Crippen LogP contribution >= 0.6 is 0 Å². The highest BCUT2D eigenvalue weighted by Gasteiger charge is 2.43. The highest BCUT2D eigenvalue weighted by Crippen LogP contribution is 2.36. The van der Waals surface area contributed by atoms with Crippen molar-refractivity contribution in [2.75, 3.05) is 4.90 Å². The molecule has 0 bridgehead atoms. The van der Waals surface area contributed by atoms with E-state index in [1.54, 1.807) is 29.3 Å². The quantitative estimate of drug-likeness (QED) is 0.842. The van der Waals surface area contributed by atoms with Gasteiger partial charge >= 0.3 is 6.09 Å². The maximum absolute atomic E-state index is 13.4. The zero-order chi connectivity index (χ0) is 20.5. The normalized spacial score (nSPS) is 17.8. The van der Waals surface area contributed by atoms with E-state index in [9.17, 15) is 19.1 Å². The Morgan fingerprint density at radius 3 is 2.61 bits per heavy atom. The lowest BCUT2D eigenvalue weighted by Crippen LogP contribution is -2.56. The summed E-state index contributed by atoms with van der Waals surface area (Å²) < 4.78 is 13.2. The van der Waals surface area contributed by atoms with Gasteiger partial charge in [-0.15, -0.1) is 0 Å². The summed E-state index contributed by atoms with van der Waals surface area (Å²) in [6.45, 7) is 5.96. The number of rotatable bonds is 4. The Morgan fingerprint density at radius 2 is 2.00 bits per heavy atom. The monoisotopic (exact) mass is 385 g/mol. The van der Waals surface area contributed by atoms with Crippen molar-refractivity contribution in [1.82, 2.24) is 10.3 Å². The number of carbonyl (C=O) groups excluding carboxylic acids is 1. The summed E-state index contributed by atoms with van der Waals surface area (Å²) in [5.74, 6) is -0.530. The van der Waals surface area contributed by atoms with Crippen LogP contribution in [0.1, 0.15) is 31.9 Å². The van der Waals surface area contributed by atoms with Gasteiger partial charge in [0.25, 0.3) is 0 Å². The minimum absolute atomic E-state index is 0.191. The number of anilines is 1. The van der Waals surface area contributed by atoms with Crippen molar-refractivity contribution in [2.45, 2.75) is 39.8 Å². The average Bonchev–Trinajstić information content (AvgIpc) is 2.62. The first kappa shape index (κ1) is 19.8. The maximum atomic E-state index is 13.4. The second-order valence-electron chi connectivity index (χ2n) is 8.14. The number of fused-ring (bicyclic) bond motifs is 1. The van der Waals surface area contributed by atoms with Gasteiger partial charge < -0.3 is 10.4 Å². The van der Waals surface area contributed by atoms with Crippen LogP contribution in [0.15, 0.2) is 42.6 Å². The summed E-state index contributed by atoms with van der Waals surface area (Å²) >= 11 is 0. The highest BCUT2D eigenvalue weighted by atomic mass is 19.1. The van der Waals surface area contributed by atoms with Crippen molar-refractivity contribution in [3.05, 3.63) is 59.5 Å². The van der Waals surface area contributed by atoms with Crippen LogP contribution in [0.5, 0.6) is 0 Å². The summed E-state index contributed by atoms with van der Waals surface area (Å²) in [5.41, 5.74) is 1.20. The fourth-order valence-electron chi connectivity index (χ4n) is 3.70. The third kappa shape index (κ3) is 4.13. The highest BCUT2D eigenvalue weighted by molar-refractivity contribution is 5.97. The average molecular weight is 385 g/mol. The van der Waals surface area contributed by atoms with Crippen LogP contribution < -0.4 is 10.2 Å². The molecule has 28 heavy (non-hydrogen) atoms. The Hall–Kier alpha value is -2.96. The van der Waals surface area contributed by atoms with Crippen molar-refractivity contribution in [1.29, 1.82) is 0 Å².